The van der Waals surface area contributed by atoms with Gasteiger partial charge in [-0.1, -0.05) is 17.7 Å². The van der Waals surface area contributed by atoms with Crippen molar-refractivity contribution in [3.8, 4) is 0 Å². The van der Waals surface area contributed by atoms with Gasteiger partial charge in [0.05, 0.1) is 26.4 Å². The third-order valence-electron chi connectivity index (χ3n) is 4.95. The predicted octanol–water partition coefficient (Wildman–Crippen LogP) is 1.22. The molecule has 154 valence electrons. The van der Waals surface area contributed by atoms with Crippen LogP contribution in [0.1, 0.15) is 15.9 Å². The molecule has 29 heavy (non-hydrogen) atoms. The van der Waals surface area contributed by atoms with Crippen LogP contribution in [0.15, 0.2) is 30.3 Å². The summed E-state index contributed by atoms with van der Waals surface area (Å²) in [4.78, 5) is 26.1. The number of aryl methyl sites for hydroxylation is 1. The van der Waals surface area contributed by atoms with Crippen LogP contribution in [0, 0.1) is 6.92 Å². The fourth-order valence-electron chi connectivity index (χ4n) is 3.24. The maximum atomic E-state index is 12.4. The Morgan fingerprint density at radius 2 is 1.55 bits per heavy atom. The molecule has 2 fully saturated rings. The molecule has 0 unspecified atom stereocenters. The van der Waals surface area contributed by atoms with Crippen molar-refractivity contribution in [1.82, 2.24) is 15.4 Å². The number of hydrazine groups is 1. The van der Waals surface area contributed by atoms with E-state index in [1.165, 1.54) is 0 Å². The molecule has 2 aliphatic heterocycles. The average molecular weight is 398 g/mol. The van der Waals surface area contributed by atoms with Gasteiger partial charge in [-0.05, 0) is 19.1 Å². The van der Waals surface area contributed by atoms with Crippen LogP contribution in [0.25, 0.3) is 0 Å². The highest BCUT2D eigenvalue weighted by molar-refractivity contribution is 5.94. The van der Waals surface area contributed by atoms with Crippen LogP contribution in [-0.2, 0) is 9.47 Å². The Labute approximate surface area is 170 Å². The zero-order valence-electron chi connectivity index (χ0n) is 16.6. The first kappa shape index (κ1) is 19.4. The highest BCUT2D eigenvalue weighted by Crippen LogP contribution is 2.22. The maximum absolute atomic E-state index is 12.4. The van der Waals surface area contributed by atoms with Crippen LogP contribution in [0.4, 0.5) is 17.6 Å². The van der Waals surface area contributed by atoms with Crippen LogP contribution >= 0.6 is 0 Å². The minimum atomic E-state index is -0.218. The summed E-state index contributed by atoms with van der Waals surface area (Å²) in [7, 11) is 0. The molecule has 0 saturated carbocycles. The van der Waals surface area contributed by atoms with Gasteiger partial charge in [-0.15, -0.1) is 0 Å². The van der Waals surface area contributed by atoms with E-state index in [4.69, 9.17) is 14.5 Å². The molecule has 9 heteroatoms. The number of nitrogens with one attached hydrogen (secondary N) is 2. The van der Waals surface area contributed by atoms with E-state index in [-0.39, 0.29) is 5.91 Å². The zero-order chi connectivity index (χ0) is 20.1. The molecule has 0 bridgehead atoms. The van der Waals surface area contributed by atoms with Gasteiger partial charge in [-0.3, -0.25) is 15.6 Å². The van der Waals surface area contributed by atoms with Gasteiger partial charge < -0.3 is 19.3 Å². The monoisotopic (exact) mass is 398 g/mol. The SMILES string of the molecule is Cc1ccc(C(=O)NNc2cc(N3CCOCC3)nc(N3CCOCC3)n2)cc1. The van der Waals surface area contributed by atoms with Crippen LogP contribution in [-0.4, -0.2) is 68.5 Å². The van der Waals surface area contributed by atoms with Crippen molar-refractivity contribution in [1.29, 1.82) is 0 Å². The molecule has 0 spiro atoms. The second-order valence-corrected chi connectivity index (χ2v) is 7.06. The van der Waals surface area contributed by atoms with E-state index in [0.717, 1.165) is 37.6 Å². The molecule has 0 atom stereocenters. The first-order valence-corrected chi connectivity index (χ1v) is 9.86. The highest BCUT2D eigenvalue weighted by atomic mass is 16.5. The van der Waals surface area contributed by atoms with Gasteiger partial charge in [0.1, 0.15) is 5.82 Å². The van der Waals surface area contributed by atoms with E-state index >= 15 is 0 Å². The van der Waals surface area contributed by atoms with Gasteiger partial charge in [0, 0.05) is 37.8 Å². The third-order valence-corrected chi connectivity index (χ3v) is 4.95. The number of amides is 1. The minimum Gasteiger partial charge on any atom is -0.378 e. The van der Waals surface area contributed by atoms with Crippen LogP contribution in [0.3, 0.4) is 0 Å². The number of anilines is 3. The summed E-state index contributed by atoms with van der Waals surface area (Å²) in [5.74, 6) is 1.77. The average Bonchev–Trinajstić information content (AvgIpc) is 2.79. The van der Waals surface area contributed by atoms with Crippen molar-refractivity contribution in [2.24, 2.45) is 0 Å². The second-order valence-electron chi connectivity index (χ2n) is 7.06. The number of hydrogen-bond acceptors (Lipinski definition) is 8. The molecule has 1 amide bonds. The Kier molecular flexibility index (Phi) is 6.06. The number of benzene rings is 1. The lowest BCUT2D eigenvalue weighted by Gasteiger charge is -2.31. The molecule has 0 radical (unpaired) electrons. The number of nitrogens with zero attached hydrogens (tertiary/aromatic N) is 4. The van der Waals surface area contributed by atoms with Gasteiger partial charge in [-0.25, -0.2) is 0 Å². The molecule has 2 N–H and O–H groups in total. The summed E-state index contributed by atoms with van der Waals surface area (Å²) in [5, 5.41) is 0. The Morgan fingerprint density at radius 3 is 2.21 bits per heavy atom. The van der Waals surface area contributed by atoms with Crippen LogP contribution in [0.2, 0.25) is 0 Å². The quantitative estimate of drug-likeness (QED) is 0.727. The van der Waals surface area contributed by atoms with Crippen LogP contribution in [0.5, 0.6) is 0 Å². The number of rotatable bonds is 5. The third kappa shape index (κ3) is 4.93. The first-order valence-electron chi connectivity index (χ1n) is 9.86. The zero-order valence-corrected chi connectivity index (χ0v) is 16.6. The van der Waals surface area contributed by atoms with Crippen molar-refractivity contribution in [3.05, 3.63) is 41.5 Å². The van der Waals surface area contributed by atoms with Gasteiger partial charge in [0.2, 0.25) is 5.95 Å². The van der Waals surface area contributed by atoms with E-state index in [2.05, 4.69) is 25.6 Å². The molecular weight excluding hydrogens is 372 g/mol. The molecule has 9 nitrogen and oxygen atoms in total. The number of ether oxygens (including phenoxy) is 2. The van der Waals surface area contributed by atoms with E-state index in [0.29, 0.717) is 43.8 Å². The summed E-state index contributed by atoms with van der Waals surface area (Å²) in [6.45, 7) is 7.65. The summed E-state index contributed by atoms with van der Waals surface area (Å²) in [6, 6.07) is 9.26. The fourth-order valence-corrected chi connectivity index (χ4v) is 3.24. The van der Waals surface area contributed by atoms with Gasteiger partial charge in [-0.2, -0.15) is 9.97 Å². The fraction of sp³-hybridized carbons (Fsp3) is 0.450. The van der Waals surface area contributed by atoms with Crippen molar-refractivity contribution < 1.29 is 14.3 Å². The van der Waals surface area contributed by atoms with Gasteiger partial charge >= 0.3 is 0 Å². The largest absolute Gasteiger partial charge is 0.378 e. The topological polar surface area (TPSA) is 91.9 Å². The molecule has 2 aromatic rings. The molecule has 2 saturated heterocycles. The normalized spacial score (nSPS) is 17.1. The van der Waals surface area contributed by atoms with E-state index in [1.807, 2.05) is 25.1 Å². The lowest BCUT2D eigenvalue weighted by Crippen LogP contribution is -2.40. The molecular formula is C20H26N6O3. The number of carbonyl (C=O) groups excluding carboxylic acids is 1. The van der Waals surface area contributed by atoms with E-state index < -0.39 is 0 Å². The van der Waals surface area contributed by atoms with Crippen molar-refractivity contribution >= 4 is 23.5 Å². The van der Waals surface area contributed by atoms with Crippen LogP contribution < -0.4 is 20.7 Å². The molecule has 0 aliphatic carbocycles. The Hall–Kier alpha value is -2.91. The van der Waals surface area contributed by atoms with Crippen molar-refractivity contribution in [2.75, 3.05) is 67.8 Å². The number of aromatic nitrogens is 2. The predicted molar refractivity (Wildman–Crippen MR) is 110 cm³/mol. The number of hydrogen-bond donors (Lipinski definition) is 2. The molecule has 2 aliphatic rings. The van der Waals surface area contributed by atoms with E-state index in [9.17, 15) is 4.79 Å². The highest BCUT2D eigenvalue weighted by Gasteiger charge is 2.19. The van der Waals surface area contributed by atoms with Gasteiger partial charge in [0.25, 0.3) is 5.91 Å². The summed E-state index contributed by atoms with van der Waals surface area (Å²) < 4.78 is 10.9. The molecule has 3 heterocycles. The van der Waals surface area contributed by atoms with Gasteiger partial charge in [0.15, 0.2) is 5.82 Å². The standard InChI is InChI=1S/C20H26N6O3/c1-15-2-4-16(5-3-15)19(27)24-23-17-14-18(25-6-10-28-11-7-25)22-20(21-17)26-8-12-29-13-9-26/h2-5,14H,6-13H2,1H3,(H,24,27)(H,21,22,23). The molecule has 1 aromatic heterocycles. The molecule has 4 rings (SSSR count). The number of carbonyl (C=O) groups is 1. The smallest absolute Gasteiger partial charge is 0.269 e. The lowest BCUT2D eigenvalue weighted by molar-refractivity contribution is 0.0962. The Morgan fingerprint density at radius 1 is 0.931 bits per heavy atom. The first-order chi connectivity index (χ1) is 14.2. The summed E-state index contributed by atoms with van der Waals surface area (Å²) in [6.07, 6.45) is 0. The minimum absolute atomic E-state index is 0.218. The van der Waals surface area contributed by atoms with Crippen molar-refractivity contribution in [2.45, 2.75) is 6.92 Å². The number of morpholine rings is 2. The second kappa shape index (κ2) is 9.06. The Bertz CT molecular complexity index is 796. The summed E-state index contributed by atoms with van der Waals surface area (Å²) >= 11 is 0. The lowest BCUT2D eigenvalue weighted by atomic mass is 10.1. The maximum Gasteiger partial charge on any atom is 0.269 e. The van der Waals surface area contributed by atoms with E-state index in [1.54, 1.807) is 12.1 Å². The summed E-state index contributed by atoms with van der Waals surface area (Å²) in [5.41, 5.74) is 7.37. The Balaban J connectivity index is 1.52. The molecule has 1 aromatic carbocycles. The van der Waals surface area contributed by atoms with Crippen molar-refractivity contribution in [3.63, 3.8) is 0 Å².